The van der Waals surface area contributed by atoms with Crippen LogP contribution in [0.5, 0.6) is 0 Å². The van der Waals surface area contributed by atoms with Crippen LogP contribution in [-0.4, -0.2) is 12.6 Å². The van der Waals surface area contributed by atoms with Gasteiger partial charge in [-0.3, -0.25) is 0 Å². The zero-order valence-corrected chi connectivity index (χ0v) is 11.8. The second-order valence-electron chi connectivity index (χ2n) is 4.88. The Bertz CT molecular complexity index is 347. The van der Waals surface area contributed by atoms with Gasteiger partial charge in [0.05, 0.1) is 10.4 Å². The highest BCUT2D eigenvalue weighted by Gasteiger charge is 2.23. The topological polar surface area (TPSA) is 35.2 Å². The SMILES string of the molecule is CC1CCC(OC(CN)c2ccc(Cl)s2)CC1. The Kier molecular flexibility index (Phi) is 4.86. The average molecular weight is 274 g/mol. The van der Waals surface area contributed by atoms with E-state index in [1.54, 1.807) is 11.3 Å². The number of thiophene rings is 1. The summed E-state index contributed by atoms with van der Waals surface area (Å²) in [5.41, 5.74) is 5.80. The Morgan fingerprint density at radius 2 is 2.12 bits per heavy atom. The molecule has 0 amide bonds. The summed E-state index contributed by atoms with van der Waals surface area (Å²) in [7, 11) is 0. The van der Waals surface area contributed by atoms with Gasteiger partial charge in [-0.15, -0.1) is 11.3 Å². The lowest BCUT2D eigenvalue weighted by Gasteiger charge is -2.29. The average Bonchev–Trinajstić information content (AvgIpc) is 2.75. The van der Waals surface area contributed by atoms with Gasteiger partial charge in [0.25, 0.3) is 0 Å². The molecule has 1 unspecified atom stereocenters. The van der Waals surface area contributed by atoms with Crippen LogP contribution in [0.25, 0.3) is 0 Å². The fourth-order valence-electron chi connectivity index (χ4n) is 2.34. The van der Waals surface area contributed by atoms with Crippen molar-refractivity contribution in [2.45, 2.75) is 44.8 Å². The molecule has 17 heavy (non-hydrogen) atoms. The van der Waals surface area contributed by atoms with E-state index < -0.39 is 0 Å². The van der Waals surface area contributed by atoms with E-state index in [1.165, 1.54) is 12.8 Å². The molecule has 1 aliphatic carbocycles. The fourth-order valence-corrected chi connectivity index (χ4v) is 3.45. The van der Waals surface area contributed by atoms with Gasteiger partial charge in [-0.25, -0.2) is 0 Å². The molecular formula is C13H20ClNOS. The highest BCUT2D eigenvalue weighted by molar-refractivity contribution is 7.16. The Hall–Kier alpha value is -0.0900. The van der Waals surface area contributed by atoms with Crippen LogP contribution >= 0.6 is 22.9 Å². The predicted octanol–water partition coefficient (Wildman–Crippen LogP) is 4.00. The third-order valence-corrected chi connectivity index (χ3v) is 4.77. The minimum absolute atomic E-state index is 0.0194. The maximum Gasteiger partial charge on any atom is 0.104 e. The van der Waals surface area contributed by atoms with Crippen LogP contribution in [0.3, 0.4) is 0 Å². The molecular weight excluding hydrogens is 254 g/mol. The van der Waals surface area contributed by atoms with Gasteiger partial charge < -0.3 is 10.5 Å². The van der Waals surface area contributed by atoms with E-state index in [1.807, 2.05) is 12.1 Å². The van der Waals surface area contributed by atoms with E-state index in [0.717, 1.165) is 28.0 Å². The zero-order valence-electron chi connectivity index (χ0n) is 10.2. The molecule has 0 saturated heterocycles. The van der Waals surface area contributed by atoms with Crippen molar-refractivity contribution in [3.05, 3.63) is 21.3 Å². The standard InChI is InChI=1S/C13H20ClNOS/c1-9-2-4-10(5-3-9)16-11(8-15)12-6-7-13(14)17-12/h6-7,9-11H,2-5,8,15H2,1H3. The van der Waals surface area contributed by atoms with Gasteiger partial charge in [-0.05, 0) is 43.7 Å². The van der Waals surface area contributed by atoms with E-state index in [0.29, 0.717) is 12.6 Å². The first-order valence-electron chi connectivity index (χ1n) is 6.29. The minimum atomic E-state index is 0.0194. The molecule has 4 heteroatoms. The smallest absolute Gasteiger partial charge is 0.104 e. The summed E-state index contributed by atoms with van der Waals surface area (Å²) in [5.74, 6) is 0.849. The Morgan fingerprint density at radius 1 is 1.41 bits per heavy atom. The molecule has 1 fully saturated rings. The molecule has 1 heterocycles. The Morgan fingerprint density at radius 3 is 2.65 bits per heavy atom. The molecule has 0 radical (unpaired) electrons. The van der Waals surface area contributed by atoms with Crippen molar-refractivity contribution in [3.8, 4) is 0 Å². The minimum Gasteiger partial charge on any atom is -0.368 e. The molecule has 0 aliphatic heterocycles. The highest BCUT2D eigenvalue weighted by atomic mass is 35.5. The van der Waals surface area contributed by atoms with Gasteiger partial charge in [-0.2, -0.15) is 0 Å². The van der Waals surface area contributed by atoms with Crippen molar-refractivity contribution in [2.24, 2.45) is 11.7 Å². The molecule has 1 atom stereocenters. The predicted molar refractivity (Wildman–Crippen MR) is 73.6 cm³/mol. The molecule has 1 aliphatic rings. The monoisotopic (exact) mass is 273 g/mol. The third-order valence-electron chi connectivity index (χ3n) is 3.45. The number of hydrogen-bond acceptors (Lipinski definition) is 3. The quantitative estimate of drug-likeness (QED) is 0.900. The number of ether oxygens (including phenoxy) is 1. The molecule has 2 N–H and O–H groups in total. The largest absolute Gasteiger partial charge is 0.368 e. The number of halogens is 1. The first-order chi connectivity index (χ1) is 8.19. The number of rotatable bonds is 4. The number of hydrogen-bond donors (Lipinski definition) is 1. The summed E-state index contributed by atoms with van der Waals surface area (Å²) in [6.07, 6.45) is 5.26. The summed E-state index contributed by atoms with van der Waals surface area (Å²) in [5, 5.41) is 0. The second-order valence-corrected chi connectivity index (χ2v) is 6.63. The van der Waals surface area contributed by atoms with Crippen LogP contribution in [0, 0.1) is 5.92 Å². The molecule has 1 saturated carbocycles. The molecule has 2 rings (SSSR count). The summed E-state index contributed by atoms with van der Waals surface area (Å²) < 4.78 is 6.92. The molecule has 96 valence electrons. The summed E-state index contributed by atoms with van der Waals surface area (Å²) in [4.78, 5) is 1.15. The molecule has 2 nitrogen and oxygen atoms in total. The lowest BCUT2D eigenvalue weighted by Crippen LogP contribution is -2.25. The van der Waals surface area contributed by atoms with Crippen molar-refractivity contribution in [3.63, 3.8) is 0 Å². The Balaban J connectivity index is 1.91. The molecule has 1 aromatic heterocycles. The van der Waals surface area contributed by atoms with Crippen LogP contribution in [-0.2, 0) is 4.74 Å². The fraction of sp³-hybridized carbons (Fsp3) is 0.692. The summed E-state index contributed by atoms with van der Waals surface area (Å²) >= 11 is 7.52. The van der Waals surface area contributed by atoms with Crippen LogP contribution in [0.1, 0.15) is 43.6 Å². The molecule has 1 aromatic rings. The van der Waals surface area contributed by atoms with E-state index in [9.17, 15) is 0 Å². The number of nitrogens with two attached hydrogens (primary N) is 1. The molecule has 0 spiro atoms. The summed E-state index contributed by atoms with van der Waals surface area (Å²) in [6, 6.07) is 3.94. The molecule has 0 bridgehead atoms. The van der Waals surface area contributed by atoms with E-state index in [2.05, 4.69) is 6.92 Å². The van der Waals surface area contributed by atoms with E-state index in [4.69, 9.17) is 22.1 Å². The first-order valence-corrected chi connectivity index (χ1v) is 7.49. The van der Waals surface area contributed by atoms with Crippen molar-refractivity contribution in [1.29, 1.82) is 0 Å². The van der Waals surface area contributed by atoms with Crippen LogP contribution in [0.2, 0.25) is 4.34 Å². The van der Waals surface area contributed by atoms with Crippen molar-refractivity contribution in [2.75, 3.05) is 6.54 Å². The van der Waals surface area contributed by atoms with Crippen LogP contribution < -0.4 is 5.73 Å². The van der Waals surface area contributed by atoms with Crippen molar-refractivity contribution < 1.29 is 4.74 Å². The van der Waals surface area contributed by atoms with Crippen LogP contribution in [0.15, 0.2) is 12.1 Å². The van der Waals surface area contributed by atoms with Gasteiger partial charge in [0, 0.05) is 11.4 Å². The lowest BCUT2D eigenvalue weighted by atomic mass is 9.89. The van der Waals surface area contributed by atoms with Gasteiger partial charge >= 0.3 is 0 Å². The second kappa shape index (κ2) is 6.19. The van der Waals surface area contributed by atoms with Gasteiger partial charge in [0.15, 0.2) is 0 Å². The van der Waals surface area contributed by atoms with E-state index in [-0.39, 0.29) is 6.10 Å². The zero-order chi connectivity index (χ0) is 12.3. The van der Waals surface area contributed by atoms with Gasteiger partial charge in [0.1, 0.15) is 6.10 Å². The maximum absolute atomic E-state index is 6.12. The van der Waals surface area contributed by atoms with Gasteiger partial charge in [0.2, 0.25) is 0 Å². The third kappa shape index (κ3) is 3.68. The maximum atomic E-state index is 6.12. The highest BCUT2D eigenvalue weighted by Crippen LogP contribution is 2.33. The van der Waals surface area contributed by atoms with Gasteiger partial charge in [-0.1, -0.05) is 18.5 Å². The summed E-state index contributed by atoms with van der Waals surface area (Å²) in [6.45, 7) is 2.85. The van der Waals surface area contributed by atoms with Crippen LogP contribution in [0.4, 0.5) is 0 Å². The van der Waals surface area contributed by atoms with E-state index >= 15 is 0 Å². The van der Waals surface area contributed by atoms with Crippen molar-refractivity contribution in [1.82, 2.24) is 0 Å². The first kappa shape index (κ1) is 13.3. The lowest BCUT2D eigenvalue weighted by molar-refractivity contribution is -0.0312. The normalized spacial score (nSPS) is 27.0. The molecule has 0 aromatic carbocycles. The van der Waals surface area contributed by atoms with Crippen molar-refractivity contribution >= 4 is 22.9 Å². The Labute approximate surface area is 112 Å².